The first kappa shape index (κ1) is 32.9. The molecular formula is C56H33NO3. The molecule has 3 aromatic heterocycles. The summed E-state index contributed by atoms with van der Waals surface area (Å²) in [5, 5.41) is 11.1. The van der Waals surface area contributed by atoms with Crippen LogP contribution in [0, 0.1) is 0 Å². The van der Waals surface area contributed by atoms with Crippen molar-refractivity contribution in [3.63, 3.8) is 0 Å². The molecule has 10 aromatic carbocycles. The van der Waals surface area contributed by atoms with E-state index in [0.29, 0.717) is 0 Å². The Morgan fingerprint density at radius 3 is 1.67 bits per heavy atom. The van der Waals surface area contributed by atoms with Crippen molar-refractivity contribution in [3.05, 3.63) is 200 Å². The standard InChI is InChI=1S/C56H33NO3/c1-3-13-41-35(10-1)22-28-44-47-33-38(25-31-52(47)59-55(41)44)40-12-5-7-16-48(40)57(49-17-9-19-53-54(49)45-29-23-36-11-2-4-14-42(36)56(45)60-53)39-26-20-34(21-27-39)37-24-30-51-46(32-37)43-15-6-8-18-50(43)58-51/h1-33H. The molecule has 0 atom stereocenters. The zero-order chi connectivity index (χ0) is 39.3. The van der Waals surface area contributed by atoms with E-state index < -0.39 is 0 Å². The smallest absolute Gasteiger partial charge is 0.143 e. The maximum Gasteiger partial charge on any atom is 0.143 e. The minimum atomic E-state index is 0.845. The van der Waals surface area contributed by atoms with Gasteiger partial charge in [-0.3, -0.25) is 0 Å². The normalized spacial score (nSPS) is 12.0. The van der Waals surface area contributed by atoms with E-state index in [4.69, 9.17) is 13.3 Å². The Kier molecular flexibility index (Phi) is 6.98. The van der Waals surface area contributed by atoms with E-state index in [9.17, 15) is 0 Å². The van der Waals surface area contributed by atoms with Crippen LogP contribution in [0.5, 0.6) is 0 Å². The molecular weight excluding hydrogens is 735 g/mol. The van der Waals surface area contributed by atoms with Gasteiger partial charge in [0.1, 0.15) is 33.5 Å². The van der Waals surface area contributed by atoms with Crippen LogP contribution in [0.4, 0.5) is 17.1 Å². The highest BCUT2D eigenvalue weighted by molar-refractivity contribution is 6.20. The van der Waals surface area contributed by atoms with Gasteiger partial charge in [0.25, 0.3) is 0 Å². The number of benzene rings is 10. The lowest BCUT2D eigenvalue weighted by Crippen LogP contribution is -2.11. The van der Waals surface area contributed by atoms with Crippen molar-refractivity contribution in [2.45, 2.75) is 0 Å². The Labute approximate surface area is 343 Å². The van der Waals surface area contributed by atoms with E-state index in [0.717, 1.165) is 121 Å². The monoisotopic (exact) mass is 767 g/mol. The molecule has 0 amide bonds. The fourth-order valence-electron chi connectivity index (χ4n) is 9.42. The number of hydrogen-bond acceptors (Lipinski definition) is 4. The first-order chi connectivity index (χ1) is 29.7. The Morgan fingerprint density at radius 2 is 0.850 bits per heavy atom. The SMILES string of the molecule is c1ccc(N(c2ccc(-c3ccc4oc5ccccc5c4c3)cc2)c2cccc3oc4c5ccccc5ccc4c23)c(-c2ccc3oc4c5ccccc5ccc4c3c2)c1. The summed E-state index contributed by atoms with van der Waals surface area (Å²) in [6.07, 6.45) is 0. The molecule has 0 saturated heterocycles. The van der Waals surface area contributed by atoms with Gasteiger partial charge in [0, 0.05) is 49.0 Å². The van der Waals surface area contributed by atoms with Crippen molar-refractivity contribution in [3.8, 4) is 22.3 Å². The van der Waals surface area contributed by atoms with Gasteiger partial charge >= 0.3 is 0 Å². The Bertz CT molecular complexity index is 3850. The summed E-state index contributed by atoms with van der Waals surface area (Å²) < 4.78 is 19.5. The maximum atomic E-state index is 6.75. The molecule has 0 aliphatic rings. The van der Waals surface area contributed by atoms with E-state index in [1.54, 1.807) is 0 Å². The minimum Gasteiger partial charge on any atom is -0.456 e. The van der Waals surface area contributed by atoms with Gasteiger partial charge in [-0.05, 0) is 100 Å². The molecule has 280 valence electrons. The number of para-hydroxylation sites is 2. The van der Waals surface area contributed by atoms with Crippen molar-refractivity contribution < 1.29 is 13.3 Å². The lowest BCUT2D eigenvalue weighted by atomic mass is 9.98. The van der Waals surface area contributed by atoms with Crippen LogP contribution in [-0.4, -0.2) is 0 Å². The van der Waals surface area contributed by atoms with Gasteiger partial charge in [-0.2, -0.15) is 0 Å². The summed E-state index contributed by atoms with van der Waals surface area (Å²) in [5.41, 5.74) is 12.9. The molecule has 0 bridgehead atoms. The third-order valence-electron chi connectivity index (χ3n) is 12.3. The van der Waals surface area contributed by atoms with Crippen LogP contribution in [0.3, 0.4) is 0 Å². The second kappa shape index (κ2) is 12.7. The highest BCUT2D eigenvalue weighted by Crippen LogP contribution is 2.48. The third-order valence-corrected chi connectivity index (χ3v) is 12.3. The molecule has 0 fully saturated rings. The number of hydrogen-bond donors (Lipinski definition) is 0. The molecule has 13 rings (SSSR count). The second-order valence-corrected chi connectivity index (χ2v) is 15.6. The predicted octanol–water partition coefficient (Wildman–Crippen LogP) is 16.5. The fourth-order valence-corrected chi connectivity index (χ4v) is 9.42. The first-order valence-electron chi connectivity index (χ1n) is 20.3. The summed E-state index contributed by atoms with van der Waals surface area (Å²) in [4.78, 5) is 2.39. The summed E-state index contributed by atoms with van der Waals surface area (Å²) in [6, 6.07) is 70.9. The lowest BCUT2D eigenvalue weighted by Gasteiger charge is -2.28. The quantitative estimate of drug-likeness (QED) is 0.175. The predicted molar refractivity (Wildman–Crippen MR) is 249 cm³/mol. The number of fused-ring (bicyclic) bond motifs is 13. The van der Waals surface area contributed by atoms with Crippen LogP contribution in [0.1, 0.15) is 0 Å². The van der Waals surface area contributed by atoms with Crippen LogP contribution < -0.4 is 4.90 Å². The molecule has 4 nitrogen and oxygen atoms in total. The molecule has 4 heteroatoms. The topological polar surface area (TPSA) is 42.7 Å². The zero-order valence-electron chi connectivity index (χ0n) is 32.2. The van der Waals surface area contributed by atoms with Crippen LogP contribution >= 0.6 is 0 Å². The van der Waals surface area contributed by atoms with Crippen molar-refractivity contribution in [1.29, 1.82) is 0 Å². The van der Waals surface area contributed by atoms with Crippen molar-refractivity contribution in [2.24, 2.45) is 0 Å². The lowest BCUT2D eigenvalue weighted by molar-refractivity contribution is 0.669. The molecule has 13 aromatic rings. The maximum absolute atomic E-state index is 6.75. The highest BCUT2D eigenvalue weighted by atomic mass is 16.3. The fraction of sp³-hybridized carbons (Fsp3) is 0. The van der Waals surface area contributed by atoms with Crippen LogP contribution in [0.2, 0.25) is 0 Å². The molecule has 0 N–H and O–H groups in total. The van der Waals surface area contributed by atoms with E-state index in [2.05, 4.69) is 193 Å². The van der Waals surface area contributed by atoms with E-state index in [1.807, 2.05) is 12.1 Å². The Morgan fingerprint density at radius 1 is 0.300 bits per heavy atom. The molecule has 0 radical (unpaired) electrons. The van der Waals surface area contributed by atoms with E-state index in [1.165, 1.54) is 5.39 Å². The highest BCUT2D eigenvalue weighted by Gasteiger charge is 2.23. The van der Waals surface area contributed by atoms with Gasteiger partial charge in [0.2, 0.25) is 0 Å². The van der Waals surface area contributed by atoms with E-state index in [-0.39, 0.29) is 0 Å². The molecule has 60 heavy (non-hydrogen) atoms. The van der Waals surface area contributed by atoms with Gasteiger partial charge in [-0.1, -0.05) is 127 Å². The number of furan rings is 3. The summed E-state index contributed by atoms with van der Waals surface area (Å²) >= 11 is 0. The largest absolute Gasteiger partial charge is 0.456 e. The summed E-state index contributed by atoms with van der Waals surface area (Å²) in [5.74, 6) is 0. The van der Waals surface area contributed by atoms with Crippen LogP contribution in [0.25, 0.3) is 110 Å². The molecule has 3 heterocycles. The van der Waals surface area contributed by atoms with Crippen LogP contribution in [-0.2, 0) is 0 Å². The van der Waals surface area contributed by atoms with Gasteiger partial charge in [0.05, 0.1) is 16.8 Å². The third kappa shape index (κ3) is 4.91. The van der Waals surface area contributed by atoms with Gasteiger partial charge in [0.15, 0.2) is 0 Å². The molecule has 0 unspecified atom stereocenters. The first-order valence-corrected chi connectivity index (χ1v) is 20.3. The molecule has 0 aliphatic carbocycles. The summed E-state index contributed by atoms with van der Waals surface area (Å²) in [7, 11) is 0. The molecule has 0 aliphatic heterocycles. The Hall–Kier alpha value is -8.08. The van der Waals surface area contributed by atoms with Crippen molar-refractivity contribution in [2.75, 3.05) is 4.90 Å². The average Bonchev–Trinajstić information content (AvgIpc) is 4.01. The van der Waals surface area contributed by atoms with Gasteiger partial charge in [-0.15, -0.1) is 0 Å². The minimum absolute atomic E-state index is 0.845. The second-order valence-electron chi connectivity index (χ2n) is 15.6. The van der Waals surface area contributed by atoms with Crippen molar-refractivity contribution in [1.82, 2.24) is 0 Å². The van der Waals surface area contributed by atoms with Gasteiger partial charge in [-0.25, -0.2) is 0 Å². The Balaban J connectivity index is 1.02. The average molecular weight is 768 g/mol. The van der Waals surface area contributed by atoms with E-state index >= 15 is 0 Å². The number of anilines is 3. The summed E-state index contributed by atoms with van der Waals surface area (Å²) in [6.45, 7) is 0. The molecule has 0 saturated carbocycles. The zero-order valence-corrected chi connectivity index (χ0v) is 32.2. The molecule has 0 spiro atoms. The van der Waals surface area contributed by atoms with Crippen LogP contribution in [0.15, 0.2) is 213 Å². The number of nitrogens with zero attached hydrogens (tertiary/aromatic N) is 1. The van der Waals surface area contributed by atoms with Crippen molar-refractivity contribution >= 4 is 104 Å². The van der Waals surface area contributed by atoms with Gasteiger partial charge < -0.3 is 18.2 Å². The number of rotatable bonds is 5.